The molecule has 2 aliphatic rings. The van der Waals surface area contributed by atoms with Gasteiger partial charge in [-0.15, -0.1) is 0 Å². The molecular weight excluding hydrogens is 464 g/mol. The number of amides is 1. The summed E-state index contributed by atoms with van der Waals surface area (Å²) in [5.74, 6) is 1.33. The van der Waals surface area contributed by atoms with Gasteiger partial charge in [0.25, 0.3) is 0 Å². The zero-order valence-corrected chi connectivity index (χ0v) is 20.8. The Hall–Kier alpha value is -3.36. The third-order valence-corrected chi connectivity index (χ3v) is 8.43. The van der Waals surface area contributed by atoms with E-state index in [2.05, 4.69) is 10.0 Å². The minimum absolute atomic E-state index is 0. The molecule has 1 fully saturated rings. The number of hydrogen-bond donors (Lipinski definition) is 2. The molecule has 0 bridgehead atoms. The predicted octanol–water partition coefficient (Wildman–Crippen LogP) is 5.02. The molecule has 7 nitrogen and oxygen atoms in total. The van der Waals surface area contributed by atoms with Crippen LogP contribution in [0.3, 0.4) is 0 Å². The highest BCUT2D eigenvalue weighted by atomic mass is 32.2. The summed E-state index contributed by atoms with van der Waals surface area (Å²) in [5, 5.41) is 3.10. The molecule has 3 aromatic rings. The number of sulfonamides is 1. The van der Waals surface area contributed by atoms with Crippen LogP contribution in [-0.4, -0.2) is 28.2 Å². The number of carbonyl (C=O) groups excluding carboxylic acids is 1. The van der Waals surface area contributed by atoms with Gasteiger partial charge in [-0.1, -0.05) is 25.1 Å². The van der Waals surface area contributed by atoms with Crippen LogP contribution >= 0.6 is 0 Å². The number of fused-ring (bicyclic) bond motifs is 1. The Labute approximate surface area is 208 Å². The van der Waals surface area contributed by atoms with Crippen LogP contribution in [-0.2, 0) is 26.7 Å². The van der Waals surface area contributed by atoms with Crippen molar-refractivity contribution >= 4 is 21.6 Å². The lowest BCUT2D eigenvalue weighted by Crippen LogP contribution is -2.27. The van der Waals surface area contributed by atoms with Crippen molar-refractivity contribution in [3.05, 3.63) is 71.3 Å². The first-order valence-corrected chi connectivity index (χ1v) is 13.1. The van der Waals surface area contributed by atoms with Crippen molar-refractivity contribution in [1.82, 2.24) is 4.72 Å². The van der Waals surface area contributed by atoms with Crippen molar-refractivity contribution in [3.8, 4) is 22.6 Å². The van der Waals surface area contributed by atoms with Crippen LogP contribution in [0.2, 0.25) is 0 Å². The molecule has 1 aliphatic heterocycles. The first kappa shape index (κ1) is 23.4. The van der Waals surface area contributed by atoms with Crippen molar-refractivity contribution in [2.75, 3.05) is 19.2 Å². The summed E-state index contributed by atoms with van der Waals surface area (Å²) in [6, 6.07) is 16.9. The lowest BCUT2D eigenvalue weighted by molar-refractivity contribution is -0.118. The van der Waals surface area contributed by atoms with Gasteiger partial charge in [-0.05, 0) is 97.4 Å². The second-order valence-corrected chi connectivity index (χ2v) is 10.9. The molecule has 2 N–H and O–H groups in total. The first-order chi connectivity index (χ1) is 16.8. The predicted molar refractivity (Wildman–Crippen MR) is 139 cm³/mol. The van der Waals surface area contributed by atoms with E-state index in [0.29, 0.717) is 23.6 Å². The summed E-state index contributed by atoms with van der Waals surface area (Å²) in [5.41, 5.74) is 4.69. The lowest BCUT2D eigenvalue weighted by atomic mass is 9.94. The van der Waals surface area contributed by atoms with E-state index in [0.717, 1.165) is 40.7 Å². The molecule has 3 aromatic carbocycles. The van der Waals surface area contributed by atoms with Gasteiger partial charge in [0.15, 0.2) is 11.5 Å². The Morgan fingerprint density at radius 2 is 1.80 bits per heavy atom. The van der Waals surface area contributed by atoms with Gasteiger partial charge in [0, 0.05) is 8.54 Å². The molecule has 1 aliphatic carbocycles. The van der Waals surface area contributed by atoms with E-state index < -0.39 is 15.4 Å². The van der Waals surface area contributed by atoms with E-state index in [1.807, 2.05) is 62.4 Å². The smallest absolute Gasteiger partial charge is 0.240 e. The SMILES string of the molecule is CCc1cc(-c2cc(NC(=O)C3(c4ccc5c(c4)OCO5)CC3)ccc2C)ccc1S(=O)(=O)NC.[HH].[HH]. The van der Waals surface area contributed by atoms with Crippen molar-refractivity contribution < 1.29 is 25.5 Å². The third-order valence-electron chi connectivity index (χ3n) is 6.92. The standard InChI is InChI=1S/C27H28N2O5S.2H2/c1-4-18-13-19(6-10-25(18)35(31,32)28-3)22-15-21(8-5-17(22)2)29-26(30)27(11-12-27)20-7-9-23-24(14-20)34-16-33-23;;/h5-10,13-15,28H,4,11-12,16H2,1-3H3,(H,29,30);2*1H. The molecule has 1 heterocycles. The largest absolute Gasteiger partial charge is 0.454 e. The maximum absolute atomic E-state index is 13.4. The second kappa shape index (κ2) is 8.70. The van der Waals surface area contributed by atoms with Crippen LogP contribution in [0, 0.1) is 6.92 Å². The molecule has 0 aromatic heterocycles. The highest BCUT2D eigenvalue weighted by Gasteiger charge is 2.51. The second-order valence-electron chi connectivity index (χ2n) is 9.02. The summed E-state index contributed by atoms with van der Waals surface area (Å²) in [6.45, 7) is 4.13. The number of anilines is 1. The summed E-state index contributed by atoms with van der Waals surface area (Å²) in [4.78, 5) is 13.6. The fourth-order valence-electron chi connectivity index (χ4n) is 4.62. The van der Waals surface area contributed by atoms with Crippen molar-refractivity contribution in [3.63, 3.8) is 0 Å². The van der Waals surface area contributed by atoms with Gasteiger partial charge < -0.3 is 14.8 Å². The Bertz CT molecular complexity index is 1440. The molecule has 0 unspecified atom stereocenters. The van der Waals surface area contributed by atoms with Gasteiger partial charge >= 0.3 is 0 Å². The molecule has 5 rings (SSSR count). The molecule has 1 amide bonds. The maximum Gasteiger partial charge on any atom is 0.240 e. The molecular formula is C27H32N2O5S. The zero-order valence-electron chi connectivity index (χ0n) is 20.0. The van der Waals surface area contributed by atoms with Gasteiger partial charge in [0.2, 0.25) is 22.7 Å². The normalized spacial score (nSPS) is 15.6. The zero-order chi connectivity index (χ0) is 24.8. The van der Waals surface area contributed by atoms with Crippen LogP contribution in [0.25, 0.3) is 11.1 Å². The number of benzene rings is 3. The van der Waals surface area contributed by atoms with Crippen molar-refractivity contribution in [2.45, 2.75) is 43.4 Å². The minimum Gasteiger partial charge on any atom is -0.454 e. The minimum atomic E-state index is -3.54. The van der Waals surface area contributed by atoms with Crippen LogP contribution in [0.5, 0.6) is 11.5 Å². The van der Waals surface area contributed by atoms with Crippen LogP contribution in [0.1, 0.15) is 39.3 Å². The molecule has 0 spiro atoms. The summed E-state index contributed by atoms with van der Waals surface area (Å²) in [6.07, 6.45) is 2.13. The molecule has 0 radical (unpaired) electrons. The van der Waals surface area contributed by atoms with E-state index in [1.54, 1.807) is 6.07 Å². The fourth-order valence-corrected chi connectivity index (χ4v) is 5.64. The van der Waals surface area contributed by atoms with E-state index >= 15 is 0 Å². The van der Waals surface area contributed by atoms with Crippen LogP contribution in [0.4, 0.5) is 5.69 Å². The monoisotopic (exact) mass is 496 g/mol. The number of ether oxygens (including phenoxy) is 2. The van der Waals surface area contributed by atoms with E-state index in [-0.39, 0.29) is 20.4 Å². The van der Waals surface area contributed by atoms with E-state index in [4.69, 9.17) is 9.47 Å². The first-order valence-electron chi connectivity index (χ1n) is 11.7. The van der Waals surface area contributed by atoms with Gasteiger partial charge in [-0.3, -0.25) is 4.79 Å². The van der Waals surface area contributed by atoms with E-state index in [1.165, 1.54) is 7.05 Å². The highest BCUT2D eigenvalue weighted by molar-refractivity contribution is 7.89. The van der Waals surface area contributed by atoms with Gasteiger partial charge in [0.1, 0.15) is 0 Å². The Balaban J connectivity index is 0.00000190. The number of carbonyl (C=O) groups is 1. The number of rotatable bonds is 7. The van der Waals surface area contributed by atoms with Gasteiger partial charge in [-0.2, -0.15) is 0 Å². The van der Waals surface area contributed by atoms with Crippen molar-refractivity contribution in [2.24, 2.45) is 0 Å². The molecule has 186 valence electrons. The Morgan fingerprint density at radius 1 is 1.03 bits per heavy atom. The average molecular weight is 497 g/mol. The van der Waals surface area contributed by atoms with Crippen LogP contribution < -0.4 is 19.5 Å². The average Bonchev–Trinajstić information content (AvgIpc) is 3.55. The molecule has 8 heteroatoms. The number of aryl methyl sites for hydroxylation is 2. The summed E-state index contributed by atoms with van der Waals surface area (Å²) >= 11 is 0. The number of nitrogens with one attached hydrogen (secondary N) is 2. The van der Waals surface area contributed by atoms with Crippen LogP contribution in [0.15, 0.2) is 59.5 Å². The van der Waals surface area contributed by atoms with Crippen molar-refractivity contribution in [1.29, 1.82) is 0 Å². The number of hydrogen-bond acceptors (Lipinski definition) is 5. The summed E-state index contributed by atoms with van der Waals surface area (Å²) < 4.78 is 38.0. The maximum atomic E-state index is 13.4. The highest BCUT2D eigenvalue weighted by Crippen LogP contribution is 2.51. The molecule has 0 saturated heterocycles. The fraction of sp³-hybridized carbons (Fsp3) is 0.296. The Morgan fingerprint density at radius 3 is 2.51 bits per heavy atom. The van der Waals surface area contributed by atoms with Gasteiger partial charge in [0.05, 0.1) is 10.3 Å². The summed E-state index contributed by atoms with van der Waals surface area (Å²) in [7, 11) is -2.13. The van der Waals surface area contributed by atoms with Gasteiger partial charge in [-0.25, -0.2) is 13.1 Å². The van der Waals surface area contributed by atoms with E-state index in [9.17, 15) is 13.2 Å². The molecule has 35 heavy (non-hydrogen) atoms. The third kappa shape index (κ3) is 4.17. The molecule has 1 saturated carbocycles. The lowest BCUT2D eigenvalue weighted by Gasteiger charge is -2.18. The topological polar surface area (TPSA) is 93.7 Å². The quantitative estimate of drug-likeness (QED) is 0.479. The molecule has 0 atom stereocenters. The Kier molecular flexibility index (Phi) is 5.81.